The topological polar surface area (TPSA) is 78.0 Å². The second-order valence-corrected chi connectivity index (χ2v) is 8.58. The van der Waals surface area contributed by atoms with Crippen molar-refractivity contribution >= 4 is 44.1 Å². The summed E-state index contributed by atoms with van der Waals surface area (Å²) in [7, 11) is 0. The molecule has 4 heterocycles. The lowest BCUT2D eigenvalue weighted by atomic mass is 10.1. The maximum atomic E-state index is 13.2. The summed E-state index contributed by atoms with van der Waals surface area (Å²) in [6.07, 6.45) is 3.97. The highest BCUT2D eigenvalue weighted by Gasteiger charge is 2.23. The van der Waals surface area contributed by atoms with Crippen LogP contribution < -0.4 is 4.90 Å². The van der Waals surface area contributed by atoms with Crippen LogP contribution in [0.3, 0.4) is 0 Å². The van der Waals surface area contributed by atoms with Gasteiger partial charge in [-0.3, -0.25) is 9.69 Å². The van der Waals surface area contributed by atoms with E-state index in [9.17, 15) is 4.79 Å². The third-order valence-corrected chi connectivity index (χ3v) is 6.65. The van der Waals surface area contributed by atoms with Crippen LogP contribution in [-0.2, 0) is 6.54 Å². The van der Waals surface area contributed by atoms with Crippen molar-refractivity contribution in [3.63, 3.8) is 0 Å². The van der Waals surface area contributed by atoms with Gasteiger partial charge in [-0.15, -0.1) is 11.3 Å². The van der Waals surface area contributed by atoms with E-state index in [0.717, 1.165) is 58.7 Å². The summed E-state index contributed by atoms with van der Waals surface area (Å²) < 4.78 is 2.02. The van der Waals surface area contributed by atoms with Crippen molar-refractivity contribution < 1.29 is 4.79 Å². The van der Waals surface area contributed by atoms with E-state index in [0.29, 0.717) is 19.5 Å². The molecule has 1 fully saturated rings. The fourth-order valence-electron chi connectivity index (χ4n) is 4.26. The van der Waals surface area contributed by atoms with E-state index >= 15 is 0 Å². The number of thiophene rings is 1. The minimum atomic E-state index is 0.127. The number of anilines is 1. The summed E-state index contributed by atoms with van der Waals surface area (Å²) in [5, 5.41) is 13.0. The van der Waals surface area contributed by atoms with Crippen LogP contribution in [0.15, 0.2) is 48.2 Å². The molecule has 1 saturated heterocycles. The van der Waals surface area contributed by atoms with Crippen LogP contribution in [0.1, 0.15) is 16.8 Å². The predicted molar refractivity (Wildman–Crippen MR) is 123 cm³/mol. The second kappa shape index (κ2) is 8.46. The van der Waals surface area contributed by atoms with Gasteiger partial charge >= 0.3 is 0 Å². The Morgan fingerprint density at radius 1 is 1.10 bits per heavy atom. The van der Waals surface area contributed by atoms with Crippen molar-refractivity contribution in [2.45, 2.75) is 13.0 Å². The number of aryl methyl sites for hydroxylation is 1. The molecule has 156 valence electrons. The molecule has 0 spiro atoms. The number of carbonyl (C=O) groups is 1. The Balaban J connectivity index is 1.28. The maximum absolute atomic E-state index is 13.2. The summed E-state index contributed by atoms with van der Waals surface area (Å²) in [4.78, 5) is 27.5. The number of rotatable bonds is 6. The molecule has 0 amide bonds. The summed E-state index contributed by atoms with van der Waals surface area (Å²) in [5.41, 5.74) is 1.75. The van der Waals surface area contributed by atoms with E-state index in [1.165, 1.54) is 0 Å². The minimum absolute atomic E-state index is 0.127. The fourth-order valence-corrected chi connectivity index (χ4v) is 4.99. The molecule has 0 bridgehead atoms. The highest BCUT2D eigenvalue weighted by atomic mass is 32.1. The van der Waals surface area contributed by atoms with E-state index in [1.807, 2.05) is 40.4 Å². The molecule has 31 heavy (non-hydrogen) atoms. The lowest BCUT2D eigenvalue weighted by Gasteiger charge is -2.35. The Morgan fingerprint density at radius 2 is 1.94 bits per heavy atom. The van der Waals surface area contributed by atoms with Crippen molar-refractivity contribution in [2.24, 2.45) is 0 Å². The monoisotopic (exact) mass is 430 g/mol. The van der Waals surface area contributed by atoms with E-state index in [1.54, 1.807) is 17.7 Å². The van der Waals surface area contributed by atoms with Crippen LogP contribution in [0.2, 0.25) is 0 Å². The Kier molecular flexibility index (Phi) is 5.37. The zero-order valence-electron chi connectivity index (χ0n) is 17.1. The number of benzene rings is 1. The fraction of sp³-hybridized carbons (Fsp3) is 0.304. The van der Waals surface area contributed by atoms with Gasteiger partial charge in [0.05, 0.1) is 24.4 Å². The number of carbonyl (C=O) groups excluding carboxylic acids is 1. The van der Waals surface area contributed by atoms with Crippen molar-refractivity contribution in [3.05, 3.63) is 53.8 Å². The molecule has 0 saturated carbocycles. The van der Waals surface area contributed by atoms with E-state index in [2.05, 4.69) is 31.9 Å². The van der Waals surface area contributed by atoms with Gasteiger partial charge in [-0.05, 0) is 17.5 Å². The Bertz CT molecular complexity index is 1280. The molecule has 5 rings (SSSR count). The summed E-state index contributed by atoms with van der Waals surface area (Å²) in [6, 6.07) is 12.2. The normalized spacial score (nSPS) is 14.9. The molecule has 0 aliphatic carbocycles. The molecule has 3 aromatic heterocycles. The van der Waals surface area contributed by atoms with Crippen LogP contribution in [0, 0.1) is 11.3 Å². The van der Waals surface area contributed by atoms with Gasteiger partial charge < -0.3 is 9.47 Å². The molecule has 8 heteroatoms. The number of para-hydroxylation sites is 1. The third kappa shape index (κ3) is 3.78. The summed E-state index contributed by atoms with van der Waals surface area (Å²) in [5.74, 6) is 1.11. The third-order valence-electron chi connectivity index (χ3n) is 5.83. The van der Waals surface area contributed by atoms with Gasteiger partial charge in [0, 0.05) is 55.4 Å². The molecule has 0 radical (unpaired) electrons. The average Bonchev–Trinajstić information content (AvgIpc) is 3.43. The van der Waals surface area contributed by atoms with Crippen LogP contribution in [0.5, 0.6) is 0 Å². The smallest absolute Gasteiger partial charge is 0.178 e. The average molecular weight is 431 g/mol. The molecule has 0 N–H and O–H groups in total. The number of aromatic nitrogens is 3. The number of hydrogen-bond donors (Lipinski definition) is 0. The lowest BCUT2D eigenvalue weighted by molar-refractivity contribution is 0.0928. The SMILES string of the molecule is N#CCCn1cc(C(=O)CN2CCN(c3ncnc4sccc34)CC2)c2ccccc21. The van der Waals surface area contributed by atoms with Gasteiger partial charge in [0.2, 0.25) is 0 Å². The van der Waals surface area contributed by atoms with E-state index in [4.69, 9.17) is 5.26 Å². The van der Waals surface area contributed by atoms with Gasteiger partial charge in [0.1, 0.15) is 17.0 Å². The van der Waals surface area contributed by atoms with Crippen LogP contribution >= 0.6 is 11.3 Å². The maximum Gasteiger partial charge on any atom is 0.178 e. The molecule has 0 atom stereocenters. The van der Waals surface area contributed by atoms with Gasteiger partial charge in [-0.2, -0.15) is 5.26 Å². The van der Waals surface area contributed by atoms with Gasteiger partial charge in [0.15, 0.2) is 5.78 Å². The number of ketones is 1. The first-order valence-electron chi connectivity index (χ1n) is 10.4. The Labute approximate surface area is 184 Å². The van der Waals surface area contributed by atoms with E-state index < -0.39 is 0 Å². The summed E-state index contributed by atoms with van der Waals surface area (Å²) in [6.45, 7) is 4.29. The molecule has 1 aliphatic heterocycles. The molecule has 0 unspecified atom stereocenters. The minimum Gasteiger partial charge on any atom is -0.353 e. The summed E-state index contributed by atoms with van der Waals surface area (Å²) >= 11 is 1.63. The van der Waals surface area contributed by atoms with Crippen molar-refractivity contribution in [1.82, 2.24) is 19.4 Å². The van der Waals surface area contributed by atoms with Crippen molar-refractivity contribution in [3.8, 4) is 6.07 Å². The molecule has 1 aliphatic rings. The predicted octanol–water partition coefficient (Wildman–Crippen LogP) is 3.56. The first-order chi connectivity index (χ1) is 15.2. The van der Waals surface area contributed by atoms with Gasteiger partial charge in [-0.25, -0.2) is 9.97 Å². The number of nitrogens with zero attached hydrogens (tertiary/aromatic N) is 6. The van der Waals surface area contributed by atoms with Crippen molar-refractivity contribution in [1.29, 1.82) is 5.26 Å². The van der Waals surface area contributed by atoms with Gasteiger partial charge in [-0.1, -0.05) is 18.2 Å². The van der Waals surface area contributed by atoms with Crippen LogP contribution in [0.4, 0.5) is 5.82 Å². The molecule has 7 nitrogen and oxygen atoms in total. The van der Waals surface area contributed by atoms with Crippen LogP contribution in [-0.4, -0.2) is 57.9 Å². The highest BCUT2D eigenvalue weighted by Crippen LogP contribution is 2.27. The molecular weight excluding hydrogens is 408 g/mol. The zero-order valence-corrected chi connectivity index (χ0v) is 17.9. The largest absolute Gasteiger partial charge is 0.353 e. The number of piperazine rings is 1. The van der Waals surface area contributed by atoms with Gasteiger partial charge in [0.25, 0.3) is 0 Å². The second-order valence-electron chi connectivity index (χ2n) is 7.68. The molecular formula is C23H22N6OS. The quantitative estimate of drug-likeness (QED) is 0.435. The highest BCUT2D eigenvalue weighted by molar-refractivity contribution is 7.16. The van der Waals surface area contributed by atoms with Crippen LogP contribution in [0.25, 0.3) is 21.1 Å². The lowest BCUT2D eigenvalue weighted by Crippen LogP contribution is -2.48. The Hall–Kier alpha value is -3.28. The Morgan fingerprint density at radius 3 is 2.77 bits per heavy atom. The standard InChI is InChI=1S/C23H22N6OS/c24-7-3-8-29-14-19(17-4-1-2-5-20(17)29)21(30)15-27-9-11-28(12-10-27)22-18-6-13-31-23(18)26-16-25-22/h1-2,4-6,13-14,16H,3,8-12,15H2. The molecule has 1 aromatic carbocycles. The molecule has 4 aromatic rings. The first kappa shape index (κ1) is 19.7. The first-order valence-corrected chi connectivity index (χ1v) is 11.3. The van der Waals surface area contributed by atoms with Crippen molar-refractivity contribution in [2.75, 3.05) is 37.6 Å². The number of hydrogen-bond acceptors (Lipinski definition) is 7. The number of fused-ring (bicyclic) bond motifs is 2. The zero-order chi connectivity index (χ0) is 21.2. The van der Waals surface area contributed by atoms with E-state index in [-0.39, 0.29) is 5.78 Å². The number of nitriles is 1. The number of Topliss-reactive ketones (excluding diaryl/α,β-unsaturated/α-hetero) is 1.